The zero-order valence-electron chi connectivity index (χ0n) is 15.9. The molecule has 0 aromatic heterocycles. The monoisotopic (exact) mass is 361 g/mol. The quantitative estimate of drug-likeness (QED) is 0.703. The van der Waals surface area contributed by atoms with Crippen molar-refractivity contribution in [2.75, 3.05) is 39.3 Å². The first-order valence-corrected chi connectivity index (χ1v) is 10.0. The summed E-state index contributed by atoms with van der Waals surface area (Å²) in [6, 6.07) is 0. The number of amides is 3. The largest absolute Gasteiger partial charge is 0.343 e. The van der Waals surface area contributed by atoms with Gasteiger partial charge in [-0.2, -0.15) is 0 Å². The molecule has 1 atom stereocenters. The molecule has 0 saturated carbocycles. The van der Waals surface area contributed by atoms with E-state index >= 15 is 0 Å². The molecule has 0 aromatic rings. The van der Waals surface area contributed by atoms with Gasteiger partial charge < -0.3 is 14.7 Å². The molecule has 144 valence electrons. The highest BCUT2D eigenvalue weighted by Gasteiger charge is 2.32. The van der Waals surface area contributed by atoms with E-state index in [0.29, 0.717) is 26.2 Å². The molecule has 6 nitrogen and oxygen atoms in total. The van der Waals surface area contributed by atoms with E-state index in [1.807, 2.05) is 14.7 Å². The van der Waals surface area contributed by atoms with Crippen LogP contribution in [0.2, 0.25) is 0 Å². The van der Waals surface area contributed by atoms with Gasteiger partial charge >= 0.3 is 0 Å². The molecule has 2 saturated heterocycles. The van der Waals surface area contributed by atoms with Crippen LogP contribution in [0.4, 0.5) is 0 Å². The minimum atomic E-state index is 0.0244. The number of nitrogens with zero attached hydrogens (tertiary/aromatic N) is 3. The Labute approximate surface area is 156 Å². The molecule has 0 aromatic carbocycles. The first kappa shape index (κ1) is 18.9. The lowest BCUT2D eigenvalue weighted by atomic mass is 9.93. The fourth-order valence-electron chi connectivity index (χ4n) is 4.33. The second-order valence-corrected chi connectivity index (χ2v) is 7.77. The predicted molar refractivity (Wildman–Crippen MR) is 99.2 cm³/mol. The van der Waals surface area contributed by atoms with E-state index in [1.54, 1.807) is 6.92 Å². The second kappa shape index (κ2) is 8.69. The van der Waals surface area contributed by atoms with Crippen LogP contribution in [-0.2, 0) is 14.4 Å². The lowest BCUT2D eigenvalue weighted by molar-refractivity contribution is -0.140. The first-order valence-electron chi connectivity index (χ1n) is 10.0. The molecule has 6 heteroatoms. The topological polar surface area (TPSA) is 60.9 Å². The molecule has 1 unspecified atom stereocenters. The van der Waals surface area contributed by atoms with Gasteiger partial charge in [0, 0.05) is 58.0 Å². The highest BCUT2D eigenvalue weighted by atomic mass is 16.2. The van der Waals surface area contributed by atoms with Crippen molar-refractivity contribution in [2.45, 2.75) is 45.4 Å². The molecular weight excluding hydrogens is 330 g/mol. The third-order valence-electron chi connectivity index (χ3n) is 6.03. The molecule has 0 spiro atoms. The Bertz CT molecular complexity index is 567. The zero-order valence-corrected chi connectivity index (χ0v) is 15.9. The van der Waals surface area contributed by atoms with Crippen LogP contribution in [0.15, 0.2) is 12.2 Å². The van der Waals surface area contributed by atoms with Crippen molar-refractivity contribution >= 4 is 17.7 Å². The van der Waals surface area contributed by atoms with Gasteiger partial charge in [0.05, 0.1) is 0 Å². The molecule has 3 aliphatic rings. The predicted octanol–water partition coefficient (Wildman–Crippen LogP) is 1.66. The maximum atomic E-state index is 12.9. The van der Waals surface area contributed by atoms with E-state index in [-0.39, 0.29) is 29.6 Å². The number of carbonyl (C=O) groups excluding carboxylic acids is 3. The van der Waals surface area contributed by atoms with Crippen molar-refractivity contribution in [1.29, 1.82) is 0 Å². The molecule has 2 fully saturated rings. The Kier molecular flexibility index (Phi) is 6.33. The molecule has 2 heterocycles. The molecule has 26 heavy (non-hydrogen) atoms. The Morgan fingerprint density at radius 1 is 0.731 bits per heavy atom. The van der Waals surface area contributed by atoms with Crippen molar-refractivity contribution in [2.24, 2.45) is 11.8 Å². The average molecular weight is 361 g/mol. The summed E-state index contributed by atoms with van der Waals surface area (Å²) >= 11 is 0. The van der Waals surface area contributed by atoms with Gasteiger partial charge in [0.2, 0.25) is 17.7 Å². The van der Waals surface area contributed by atoms with Crippen molar-refractivity contribution in [3.8, 4) is 0 Å². The highest BCUT2D eigenvalue weighted by molar-refractivity contribution is 5.81. The molecular formula is C20H31N3O3. The van der Waals surface area contributed by atoms with Crippen LogP contribution in [-0.4, -0.2) is 71.7 Å². The van der Waals surface area contributed by atoms with E-state index in [2.05, 4.69) is 12.2 Å². The molecule has 0 radical (unpaired) electrons. The number of rotatable bonds is 2. The lowest BCUT2D eigenvalue weighted by Gasteiger charge is -2.33. The standard InChI is InChI=1S/C20H31N3O3/c1-16(24)21-12-8-18(9-13-21)20(26)23-11-5-10-22(14-15-23)19(25)17-6-3-2-4-7-17/h2-3,17-18H,4-15H2,1H3. The summed E-state index contributed by atoms with van der Waals surface area (Å²) < 4.78 is 0. The second-order valence-electron chi connectivity index (χ2n) is 7.77. The van der Waals surface area contributed by atoms with E-state index in [0.717, 1.165) is 51.6 Å². The van der Waals surface area contributed by atoms with Crippen molar-refractivity contribution < 1.29 is 14.4 Å². The van der Waals surface area contributed by atoms with Gasteiger partial charge in [-0.05, 0) is 38.5 Å². The summed E-state index contributed by atoms with van der Waals surface area (Å²) in [5, 5.41) is 0. The molecule has 0 N–H and O–H groups in total. The smallest absolute Gasteiger partial charge is 0.226 e. The zero-order chi connectivity index (χ0) is 18.5. The Balaban J connectivity index is 1.50. The van der Waals surface area contributed by atoms with Crippen LogP contribution in [0.5, 0.6) is 0 Å². The van der Waals surface area contributed by atoms with Crippen molar-refractivity contribution in [1.82, 2.24) is 14.7 Å². The van der Waals surface area contributed by atoms with Crippen LogP contribution in [0.1, 0.15) is 45.4 Å². The first-order chi connectivity index (χ1) is 12.6. The van der Waals surface area contributed by atoms with Crippen LogP contribution in [0.25, 0.3) is 0 Å². The minimum Gasteiger partial charge on any atom is -0.343 e. The van der Waals surface area contributed by atoms with Crippen molar-refractivity contribution in [3.63, 3.8) is 0 Å². The number of piperidine rings is 1. The van der Waals surface area contributed by atoms with E-state index in [4.69, 9.17) is 0 Å². The average Bonchev–Trinajstić information content (AvgIpc) is 2.94. The maximum Gasteiger partial charge on any atom is 0.226 e. The van der Waals surface area contributed by atoms with E-state index < -0.39 is 0 Å². The summed E-state index contributed by atoms with van der Waals surface area (Å²) in [5.74, 6) is 0.716. The summed E-state index contributed by atoms with van der Waals surface area (Å²) in [6.45, 7) is 5.73. The summed E-state index contributed by atoms with van der Waals surface area (Å²) in [6.07, 6.45) is 9.44. The number of carbonyl (C=O) groups is 3. The fourth-order valence-corrected chi connectivity index (χ4v) is 4.33. The molecule has 1 aliphatic carbocycles. The Hall–Kier alpha value is -1.85. The van der Waals surface area contributed by atoms with Gasteiger partial charge in [0.25, 0.3) is 0 Å². The summed E-state index contributed by atoms with van der Waals surface area (Å²) in [5.41, 5.74) is 0. The van der Waals surface area contributed by atoms with Gasteiger partial charge in [0.1, 0.15) is 0 Å². The van der Waals surface area contributed by atoms with Crippen LogP contribution >= 0.6 is 0 Å². The van der Waals surface area contributed by atoms with E-state index in [1.165, 1.54) is 0 Å². The van der Waals surface area contributed by atoms with Gasteiger partial charge in [-0.15, -0.1) is 0 Å². The number of likely N-dealkylation sites (tertiary alicyclic amines) is 1. The summed E-state index contributed by atoms with van der Waals surface area (Å²) in [4.78, 5) is 42.8. The molecule has 3 rings (SSSR count). The minimum absolute atomic E-state index is 0.0244. The highest BCUT2D eigenvalue weighted by Crippen LogP contribution is 2.23. The fraction of sp³-hybridized carbons (Fsp3) is 0.750. The van der Waals surface area contributed by atoms with Gasteiger partial charge in [-0.25, -0.2) is 0 Å². The molecule has 0 bridgehead atoms. The van der Waals surface area contributed by atoms with Gasteiger partial charge in [-0.1, -0.05) is 12.2 Å². The number of hydrogen-bond donors (Lipinski definition) is 0. The van der Waals surface area contributed by atoms with Gasteiger partial charge in [-0.3, -0.25) is 14.4 Å². The maximum absolute atomic E-state index is 12.9. The number of hydrogen-bond acceptors (Lipinski definition) is 3. The van der Waals surface area contributed by atoms with Crippen LogP contribution in [0.3, 0.4) is 0 Å². The Morgan fingerprint density at radius 2 is 1.35 bits per heavy atom. The third-order valence-corrected chi connectivity index (χ3v) is 6.03. The normalized spacial score (nSPS) is 25.1. The Morgan fingerprint density at radius 3 is 1.88 bits per heavy atom. The van der Waals surface area contributed by atoms with Crippen molar-refractivity contribution in [3.05, 3.63) is 12.2 Å². The van der Waals surface area contributed by atoms with Gasteiger partial charge in [0.15, 0.2) is 0 Å². The SMILES string of the molecule is CC(=O)N1CCC(C(=O)N2CCCN(C(=O)C3CC=CCC3)CC2)CC1. The van der Waals surface area contributed by atoms with E-state index in [9.17, 15) is 14.4 Å². The molecule has 3 amide bonds. The molecule has 2 aliphatic heterocycles. The number of allylic oxidation sites excluding steroid dienone is 2. The van der Waals surface area contributed by atoms with Crippen LogP contribution < -0.4 is 0 Å². The third kappa shape index (κ3) is 4.46. The summed E-state index contributed by atoms with van der Waals surface area (Å²) in [7, 11) is 0. The lowest BCUT2D eigenvalue weighted by Crippen LogP contribution is -2.45. The van der Waals surface area contributed by atoms with Crippen LogP contribution in [0, 0.1) is 11.8 Å².